The van der Waals surface area contributed by atoms with Crippen molar-refractivity contribution in [3.8, 4) is 0 Å². The van der Waals surface area contributed by atoms with E-state index in [1.165, 1.54) is 16.4 Å². The lowest BCUT2D eigenvalue weighted by atomic mass is 10.2. The molecule has 20 heavy (non-hydrogen) atoms. The van der Waals surface area contributed by atoms with E-state index < -0.39 is 5.97 Å². The van der Waals surface area contributed by atoms with Gasteiger partial charge in [-0.2, -0.15) is 0 Å². The van der Waals surface area contributed by atoms with Crippen LogP contribution in [-0.2, 0) is 11.3 Å². The van der Waals surface area contributed by atoms with E-state index in [4.69, 9.17) is 5.11 Å². The third-order valence-electron chi connectivity index (χ3n) is 2.34. The molecule has 0 saturated carbocycles. The fourth-order valence-corrected chi connectivity index (χ4v) is 2.30. The van der Waals surface area contributed by atoms with E-state index in [1.54, 1.807) is 0 Å². The van der Waals surface area contributed by atoms with E-state index in [0.717, 1.165) is 11.5 Å². The van der Waals surface area contributed by atoms with E-state index in [1.807, 2.05) is 26.8 Å². The third-order valence-corrected chi connectivity index (χ3v) is 3.24. The fraction of sp³-hybridized carbons (Fsp3) is 0.455. The van der Waals surface area contributed by atoms with E-state index in [0.29, 0.717) is 10.2 Å². The van der Waals surface area contributed by atoms with Gasteiger partial charge >= 0.3 is 5.97 Å². The number of rotatable bonds is 5. The largest absolute Gasteiger partial charge is 0.480 e. The van der Waals surface area contributed by atoms with Crippen LogP contribution in [0.4, 0.5) is 0 Å². The van der Waals surface area contributed by atoms with Crippen molar-refractivity contribution in [1.29, 1.82) is 0 Å². The molecule has 2 aromatic rings. The fourth-order valence-electron chi connectivity index (χ4n) is 1.46. The van der Waals surface area contributed by atoms with E-state index in [9.17, 15) is 4.79 Å². The van der Waals surface area contributed by atoms with Crippen molar-refractivity contribution in [2.75, 3.05) is 0 Å². The number of aliphatic carboxylic acids is 1. The molecule has 8 nitrogen and oxygen atoms in total. The summed E-state index contributed by atoms with van der Waals surface area (Å²) in [5.74, 6) is -0.0464. The van der Waals surface area contributed by atoms with Crippen LogP contribution in [0.5, 0.6) is 0 Å². The number of hydrogen-bond acceptors (Lipinski definition) is 7. The highest BCUT2D eigenvalue weighted by atomic mass is 32.2. The first kappa shape index (κ1) is 14.4. The molecule has 0 aliphatic heterocycles. The van der Waals surface area contributed by atoms with Gasteiger partial charge < -0.3 is 5.11 Å². The highest BCUT2D eigenvalue weighted by Gasteiger charge is 2.13. The molecular weight excluding hydrogens is 280 g/mol. The second-order valence-corrected chi connectivity index (χ2v) is 5.46. The molecule has 0 spiro atoms. The van der Waals surface area contributed by atoms with Crippen molar-refractivity contribution in [3.63, 3.8) is 0 Å². The normalized spacial score (nSPS) is 11.0. The van der Waals surface area contributed by atoms with Gasteiger partial charge in [0.05, 0.1) is 0 Å². The lowest BCUT2D eigenvalue weighted by Gasteiger charge is -2.07. The number of carboxylic acids is 1. The van der Waals surface area contributed by atoms with Crippen molar-refractivity contribution in [1.82, 2.24) is 30.2 Å². The van der Waals surface area contributed by atoms with Crippen molar-refractivity contribution >= 4 is 17.7 Å². The number of carboxylic acid groups (broad SMARTS) is 1. The quantitative estimate of drug-likeness (QED) is 0.818. The summed E-state index contributed by atoms with van der Waals surface area (Å²) in [5, 5.41) is 20.8. The number of aryl methyl sites for hydroxylation is 1. The summed E-state index contributed by atoms with van der Waals surface area (Å²) in [6.45, 7) is 5.63. The predicted molar refractivity (Wildman–Crippen MR) is 70.4 cm³/mol. The van der Waals surface area contributed by atoms with Crippen molar-refractivity contribution in [2.45, 2.75) is 43.4 Å². The Labute approximate surface area is 119 Å². The molecule has 0 atom stereocenters. The van der Waals surface area contributed by atoms with Crippen LogP contribution in [0.1, 0.15) is 31.3 Å². The first-order valence-corrected chi connectivity index (χ1v) is 6.78. The topological polar surface area (TPSA) is 107 Å². The Kier molecular flexibility index (Phi) is 4.28. The van der Waals surface area contributed by atoms with Crippen LogP contribution in [-0.4, -0.2) is 41.3 Å². The van der Waals surface area contributed by atoms with Crippen LogP contribution < -0.4 is 0 Å². The van der Waals surface area contributed by atoms with Gasteiger partial charge in [-0.25, -0.2) is 14.6 Å². The minimum absolute atomic E-state index is 0.212. The molecule has 0 fully saturated rings. The monoisotopic (exact) mass is 294 g/mol. The second-order valence-electron chi connectivity index (χ2n) is 4.48. The molecule has 0 radical (unpaired) electrons. The van der Waals surface area contributed by atoms with E-state index in [-0.39, 0.29) is 12.5 Å². The van der Waals surface area contributed by atoms with Gasteiger partial charge in [0.25, 0.3) is 0 Å². The number of hydrogen-bond donors (Lipinski definition) is 1. The Balaban J connectivity index is 2.26. The average molecular weight is 294 g/mol. The second kappa shape index (κ2) is 5.95. The molecule has 0 aliphatic carbocycles. The molecule has 2 rings (SSSR count). The number of aromatic nitrogens is 6. The van der Waals surface area contributed by atoms with Crippen molar-refractivity contribution in [3.05, 3.63) is 17.6 Å². The minimum atomic E-state index is -0.999. The molecule has 0 aromatic carbocycles. The zero-order valence-electron chi connectivity index (χ0n) is 11.3. The van der Waals surface area contributed by atoms with Crippen molar-refractivity contribution in [2.24, 2.45) is 0 Å². The maximum atomic E-state index is 10.7. The highest BCUT2D eigenvalue weighted by molar-refractivity contribution is 7.99. The van der Waals surface area contributed by atoms with Gasteiger partial charge in [0.15, 0.2) is 0 Å². The molecule has 9 heteroatoms. The van der Waals surface area contributed by atoms with Crippen LogP contribution >= 0.6 is 11.8 Å². The summed E-state index contributed by atoms with van der Waals surface area (Å²) in [7, 11) is 0. The van der Waals surface area contributed by atoms with Gasteiger partial charge in [-0.15, -0.1) is 5.10 Å². The molecule has 1 N–H and O–H groups in total. The Bertz CT molecular complexity index is 627. The first-order valence-electron chi connectivity index (χ1n) is 5.97. The van der Waals surface area contributed by atoms with Crippen molar-refractivity contribution < 1.29 is 9.90 Å². The molecule has 2 aromatic heterocycles. The van der Waals surface area contributed by atoms with Gasteiger partial charge in [0.1, 0.15) is 17.4 Å². The number of nitrogens with zero attached hydrogens (tertiary/aromatic N) is 6. The zero-order valence-corrected chi connectivity index (χ0v) is 12.1. The summed E-state index contributed by atoms with van der Waals surface area (Å²) in [6.07, 6.45) is 0. The van der Waals surface area contributed by atoms with Crippen LogP contribution in [0.25, 0.3) is 0 Å². The molecule has 0 aliphatic rings. The van der Waals surface area contributed by atoms with Crippen LogP contribution in [0.2, 0.25) is 0 Å². The van der Waals surface area contributed by atoms with Crippen LogP contribution in [0, 0.1) is 6.92 Å². The van der Waals surface area contributed by atoms with Crippen LogP contribution in [0.3, 0.4) is 0 Å². The highest BCUT2D eigenvalue weighted by Crippen LogP contribution is 2.25. The molecule has 0 bridgehead atoms. The molecule has 0 unspecified atom stereocenters. The Morgan fingerprint density at radius 3 is 2.85 bits per heavy atom. The van der Waals surface area contributed by atoms with Gasteiger partial charge in [-0.05, 0) is 35.2 Å². The maximum absolute atomic E-state index is 10.7. The number of tetrazole rings is 1. The number of carbonyl (C=O) groups is 1. The third kappa shape index (κ3) is 3.50. The van der Waals surface area contributed by atoms with E-state index >= 15 is 0 Å². The molecular formula is C11H14N6O2S. The summed E-state index contributed by atoms with van der Waals surface area (Å²) in [6, 6.07) is 1.82. The molecule has 106 valence electrons. The SMILES string of the molecule is Cc1cc(Sc2nnnn2CC(=O)O)nc(C(C)C)n1. The lowest BCUT2D eigenvalue weighted by molar-refractivity contribution is -0.138. The van der Waals surface area contributed by atoms with Crippen LogP contribution in [0.15, 0.2) is 16.2 Å². The molecule has 0 saturated heterocycles. The Hall–Kier alpha value is -2.03. The van der Waals surface area contributed by atoms with Gasteiger partial charge in [0.2, 0.25) is 5.16 Å². The average Bonchev–Trinajstić information content (AvgIpc) is 2.75. The van der Waals surface area contributed by atoms with Gasteiger partial charge in [0, 0.05) is 11.6 Å². The minimum Gasteiger partial charge on any atom is -0.480 e. The van der Waals surface area contributed by atoms with Gasteiger partial charge in [-0.1, -0.05) is 13.8 Å². The molecule has 0 amide bonds. The Morgan fingerprint density at radius 2 is 2.20 bits per heavy atom. The standard InChI is InChI=1S/C11H14N6O2S/c1-6(2)10-12-7(3)4-8(13-10)20-11-14-15-16-17(11)5-9(18)19/h4,6H,5H2,1-3H3,(H,18,19). The summed E-state index contributed by atoms with van der Waals surface area (Å²) in [4.78, 5) is 19.5. The summed E-state index contributed by atoms with van der Waals surface area (Å²) in [5.41, 5.74) is 0.850. The van der Waals surface area contributed by atoms with E-state index in [2.05, 4.69) is 25.5 Å². The zero-order chi connectivity index (χ0) is 14.7. The van der Waals surface area contributed by atoms with Gasteiger partial charge in [-0.3, -0.25) is 4.79 Å². The lowest BCUT2D eigenvalue weighted by Crippen LogP contribution is -2.11. The Morgan fingerprint density at radius 1 is 1.45 bits per heavy atom. The predicted octanol–water partition coefficient (Wildman–Crippen LogP) is 1.13. The first-order chi connectivity index (χ1) is 9.45. The summed E-state index contributed by atoms with van der Waals surface area (Å²) >= 11 is 1.22. The summed E-state index contributed by atoms with van der Waals surface area (Å²) < 4.78 is 1.22. The maximum Gasteiger partial charge on any atom is 0.325 e. The molecule has 2 heterocycles. The smallest absolute Gasteiger partial charge is 0.325 e.